The van der Waals surface area contributed by atoms with Crippen LogP contribution in [0.5, 0.6) is 0 Å². The van der Waals surface area contributed by atoms with Gasteiger partial charge in [-0.15, -0.1) is 0 Å². The molecule has 0 unspecified atom stereocenters. The molecular formula is C22H22N6O2S. The molecule has 0 radical (unpaired) electrons. The molecular weight excluding hydrogens is 412 g/mol. The van der Waals surface area contributed by atoms with Crippen LogP contribution in [0.3, 0.4) is 0 Å². The minimum absolute atomic E-state index is 0.312. The highest BCUT2D eigenvalue weighted by molar-refractivity contribution is 7.92. The lowest BCUT2D eigenvalue weighted by Crippen LogP contribution is -2.16. The molecule has 2 heterocycles. The molecule has 4 rings (SSSR count). The third kappa shape index (κ3) is 4.56. The topological polar surface area (TPSA) is 102 Å². The van der Waals surface area contributed by atoms with Crippen molar-refractivity contribution in [2.24, 2.45) is 0 Å². The Kier molecular flexibility index (Phi) is 5.43. The van der Waals surface area contributed by atoms with Crippen LogP contribution in [-0.4, -0.2) is 28.2 Å². The van der Waals surface area contributed by atoms with E-state index in [1.165, 1.54) is 6.33 Å². The highest BCUT2D eigenvalue weighted by atomic mass is 32.2. The summed E-state index contributed by atoms with van der Waals surface area (Å²) < 4.78 is 30.2. The fraction of sp³-hybridized carbons (Fsp3) is 0.136. The van der Waals surface area contributed by atoms with Gasteiger partial charge in [0.25, 0.3) is 10.0 Å². The van der Waals surface area contributed by atoms with E-state index < -0.39 is 10.0 Å². The lowest BCUT2D eigenvalue weighted by atomic mass is 10.1. The van der Waals surface area contributed by atoms with Crippen LogP contribution in [0.15, 0.2) is 72.1 Å². The fourth-order valence-electron chi connectivity index (χ4n) is 3.51. The van der Waals surface area contributed by atoms with Gasteiger partial charge < -0.3 is 5.32 Å². The number of nitrogens with zero attached hydrogens (tertiary/aromatic N) is 4. The van der Waals surface area contributed by atoms with Gasteiger partial charge in [0, 0.05) is 29.8 Å². The van der Waals surface area contributed by atoms with E-state index in [9.17, 15) is 8.42 Å². The molecule has 0 fully saturated rings. The van der Waals surface area contributed by atoms with E-state index in [4.69, 9.17) is 0 Å². The second-order valence-corrected chi connectivity index (χ2v) is 8.87. The Bertz CT molecular complexity index is 1290. The zero-order valence-electron chi connectivity index (χ0n) is 17.4. The number of aryl methyl sites for hydroxylation is 3. The van der Waals surface area contributed by atoms with Crippen LogP contribution in [0.25, 0.3) is 5.82 Å². The summed E-state index contributed by atoms with van der Waals surface area (Å²) in [4.78, 5) is 8.73. The van der Waals surface area contributed by atoms with E-state index in [1.54, 1.807) is 61.3 Å². The summed E-state index contributed by atoms with van der Waals surface area (Å²) in [6.07, 6.45) is 4.92. The first-order valence-corrected chi connectivity index (χ1v) is 11.1. The number of hydrogen-bond acceptors (Lipinski definition) is 6. The van der Waals surface area contributed by atoms with Crippen LogP contribution in [0.2, 0.25) is 0 Å². The van der Waals surface area contributed by atoms with Crippen molar-refractivity contribution in [1.29, 1.82) is 0 Å². The summed E-state index contributed by atoms with van der Waals surface area (Å²) >= 11 is 0. The molecule has 0 aliphatic rings. The molecule has 0 atom stereocenters. The first kappa shape index (κ1) is 20.5. The predicted molar refractivity (Wildman–Crippen MR) is 120 cm³/mol. The van der Waals surface area contributed by atoms with E-state index in [2.05, 4.69) is 25.1 Å². The molecule has 2 N–H and O–H groups in total. The van der Waals surface area contributed by atoms with E-state index in [0.29, 0.717) is 22.2 Å². The van der Waals surface area contributed by atoms with Crippen LogP contribution in [0.4, 0.5) is 17.2 Å². The maximum absolute atomic E-state index is 12.9. The Morgan fingerprint density at radius 1 is 0.903 bits per heavy atom. The van der Waals surface area contributed by atoms with Gasteiger partial charge in [0.2, 0.25) is 0 Å². The molecule has 4 aromatic rings. The van der Waals surface area contributed by atoms with Crippen molar-refractivity contribution >= 4 is 27.2 Å². The van der Waals surface area contributed by atoms with Gasteiger partial charge >= 0.3 is 0 Å². The summed E-state index contributed by atoms with van der Waals surface area (Å²) in [5.41, 5.74) is 3.71. The maximum Gasteiger partial charge on any atom is 0.262 e. The highest BCUT2D eigenvalue weighted by Crippen LogP contribution is 2.25. The number of anilines is 3. The van der Waals surface area contributed by atoms with Gasteiger partial charge in [-0.25, -0.2) is 23.1 Å². The lowest BCUT2D eigenvalue weighted by molar-refractivity contribution is 0.600. The Balaban J connectivity index is 1.51. The molecule has 2 aromatic carbocycles. The van der Waals surface area contributed by atoms with Crippen molar-refractivity contribution in [2.75, 3.05) is 10.0 Å². The SMILES string of the molecule is Cc1cc(C)c(S(=O)(=O)Nc2ccc(Nc3cc(-n4cccn4)ncn3)cc2)c(C)c1. The average Bonchev–Trinajstić information content (AvgIpc) is 3.23. The maximum atomic E-state index is 12.9. The third-order valence-electron chi connectivity index (χ3n) is 4.67. The van der Waals surface area contributed by atoms with Crippen molar-refractivity contribution in [3.05, 3.63) is 83.9 Å². The molecule has 0 amide bonds. The van der Waals surface area contributed by atoms with Crippen LogP contribution >= 0.6 is 0 Å². The zero-order chi connectivity index (χ0) is 22.0. The lowest BCUT2D eigenvalue weighted by Gasteiger charge is -2.14. The summed E-state index contributed by atoms with van der Waals surface area (Å²) in [5.74, 6) is 1.23. The molecule has 8 nitrogen and oxygen atoms in total. The first-order valence-electron chi connectivity index (χ1n) is 9.62. The number of nitrogens with one attached hydrogen (secondary N) is 2. The molecule has 2 aromatic heterocycles. The summed E-state index contributed by atoms with van der Waals surface area (Å²) in [7, 11) is -3.69. The van der Waals surface area contributed by atoms with Gasteiger partial charge in [0.1, 0.15) is 12.1 Å². The number of benzene rings is 2. The largest absolute Gasteiger partial charge is 0.340 e. The molecule has 0 saturated carbocycles. The van der Waals surface area contributed by atoms with Gasteiger partial charge in [-0.3, -0.25) is 4.72 Å². The fourth-order valence-corrected chi connectivity index (χ4v) is 5.03. The third-order valence-corrected chi connectivity index (χ3v) is 6.36. The zero-order valence-corrected chi connectivity index (χ0v) is 18.2. The Labute approximate surface area is 181 Å². The van der Waals surface area contributed by atoms with Crippen molar-refractivity contribution in [3.63, 3.8) is 0 Å². The molecule has 0 spiro atoms. The van der Waals surface area contributed by atoms with Crippen molar-refractivity contribution < 1.29 is 8.42 Å². The van der Waals surface area contributed by atoms with Gasteiger partial charge in [-0.1, -0.05) is 17.7 Å². The number of rotatable bonds is 6. The number of aromatic nitrogens is 4. The molecule has 31 heavy (non-hydrogen) atoms. The molecule has 0 aliphatic heterocycles. The minimum atomic E-state index is -3.69. The molecule has 0 bridgehead atoms. The molecule has 158 valence electrons. The van der Waals surface area contributed by atoms with Crippen molar-refractivity contribution in [3.8, 4) is 5.82 Å². The average molecular weight is 435 g/mol. The monoisotopic (exact) mass is 434 g/mol. The summed E-state index contributed by atoms with van der Waals surface area (Å²) in [6.45, 7) is 5.56. The highest BCUT2D eigenvalue weighted by Gasteiger charge is 2.20. The Morgan fingerprint density at radius 2 is 1.58 bits per heavy atom. The Hall–Kier alpha value is -3.72. The summed E-state index contributed by atoms with van der Waals surface area (Å²) in [5, 5.41) is 7.34. The van der Waals surface area contributed by atoms with Gasteiger partial charge in [-0.05, 0) is 62.2 Å². The van der Waals surface area contributed by atoms with Gasteiger partial charge in [-0.2, -0.15) is 5.10 Å². The minimum Gasteiger partial charge on any atom is -0.340 e. The van der Waals surface area contributed by atoms with Gasteiger partial charge in [0.15, 0.2) is 5.82 Å². The smallest absolute Gasteiger partial charge is 0.262 e. The van der Waals surface area contributed by atoms with Crippen LogP contribution in [0.1, 0.15) is 16.7 Å². The van der Waals surface area contributed by atoms with Crippen molar-refractivity contribution in [1.82, 2.24) is 19.7 Å². The number of hydrogen-bond donors (Lipinski definition) is 2. The second-order valence-electron chi connectivity index (χ2n) is 7.25. The number of sulfonamides is 1. The Morgan fingerprint density at radius 3 is 2.23 bits per heavy atom. The first-order chi connectivity index (χ1) is 14.8. The van der Waals surface area contributed by atoms with Crippen LogP contribution in [0, 0.1) is 20.8 Å². The molecule has 0 aliphatic carbocycles. The normalized spacial score (nSPS) is 11.3. The van der Waals surface area contributed by atoms with Crippen molar-refractivity contribution in [2.45, 2.75) is 25.7 Å². The standard InChI is InChI=1S/C22H22N6O2S/c1-15-11-16(2)22(17(3)12-15)31(29,30)27-19-7-5-18(6-8-19)26-20-13-21(24-14-23-20)28-10-4-9-25-28/h4-14,27H,1-3H3,(H,23,24,26). The van der Waals surface area contributed by atoms with E-state index >= 15 is 0 Å². The van der Waals surface area contributed by atoms with E-state index in [0.717, 1.165) is 22.4 Å². The quantitative estimate of drug-likeness (QED) is 0.473. The second kappa shape index (κ2) is 8.19. The summed E-state index contributed by atoms with van der Waals surface area (Å²) in [6, 6.07) is 14.3. The predicted octanol–water partition coefficient (Wildman–Crippen LogP) is 4.13. The molecule has 9 heteroatoms. The van der Waals surface area contributed by atoms with Gasteiger partial charge in [0.05, 0.1) is 4.90 Å². The van der Waals surface area contributed by atoms with Crippen LogP contribution in [-0.2, 0) is 10.0 Å². The van der Waals surface area contributed by atoms with E-state index in [1.807, 2.05) is 25.1 Å². The van der Waals surface area contributed by atoms with E-state index in [-0.39, 0.29) is 0 Å². The molecule has 0 saturated heterocycles. The van der Waals surface area contributed by atoms with Crippen LogP contribution < -0.4 is 10.0 Å².